The van der Waals surface area contributed by atoms with Crippen molar-refractivity contribution in [3.05, 3.63) is 120 Å². The van der Waals surface area contributed by atoms with Crippen LogP contribution in [0, 0.1) is 6.92 Å². The molecule has 0 aliphatic carbocycles. The van der Waals surface area contributed by atoms with Crippen LogP contribution in [0.5, 0.6) is 0 Å². The normalized spacial score (nSPS) is 12.3. The number of nitrogens with zero attached hydrogens (tertiary/aromatic N) is 2. The highest BCUT2D eigenvalue weighted by Crippen LogP contribution is 2.37. The minimum Gasteiger partial charge on any atom is -0.254 e. The molecular formula is C39H38N2. The van der Waals surface area contributed by atoms with Crippen LogP contribution in [-0.4, -0.2) is 9.97 Å². The zero-order valence-corrected chi connectivity index (χ0v) is 25.2. The van der Waals surface area contributed by atoms with Gasteiger partial charge in [-0.15, -0.1) is 0 Å². The van der Waals surface area contributed by atoms with Gasteiger partial charge in [-0.2, -0.15) is 0 Å². The summed E-state index contributed by atoms with van der Waals surface area (Å²) in [6.07, 6.45) is 1.96. The lowest BCUT2D eigenvalue weighted by Crippen LogP contribution is -2.16. The summed E-state index contributed by atoms with van der Waals surface area (Å²) in [4.78, 5) is 10.1. The molecule has 41 heavy (non-hydrogen) atoms. The van der Waals surface area contributed by atoms with E-state index in [0.717, 1.165) is 39.0 Å². The van der Waals surface area contributed by atoms with Crippen molar-refractivity contribution in [3.63, 3.8) is 0 Å². The fourth-order valence-corrected chi connectivity index (χ4v) is 5.48. The third-order valence-corrected chi connectivity index (χ3v) is 8.09. The molecular weight excluding hydrogens is 496 g/mol. The number of aromatic nitrogens is 2. The molecule has 2 heterocycles. The van der Waals surface area contributed by atoms with E-state index >= 15 is 0 Å². The van der Waals surface area contributed by atoms with Gasteiger partial charge in [0.25, 0.3) is 0 Å². The van der Waals surface area contributed by atoms with Crippen LogP contribution >= 0.6 is 0 Å². The molecule has 0 saturated carbocycles. The van der Waals surface area contributed by atoms with E-state index in [1.165, 1.54) is 33.0 Å². The molecule has 2 aromatic heterocycles. The molecule has 0 aliphatic rings. The number of rotatable bonds is 3. The first-order valence-corrected chi connectivity index (χ1v) is 14.5. The molecule has 0 N–H and O–H groups in total. The monoisotopic (exact) mass is 534 g/mol. The SMILES string of the molecule is Cc1cc2ccccc2cc1-c1cc(-c2cc(C(C)(C)C)cc(C(C)(C)C)c2)cc(-c2cc3ccccc3cn2)n1. The first-order chi connectivity index (χ1) is 19.5. The van der Waals surface area contributed by atoms with Crippen LogP contribution < -0.4 is 0 Å². The molecule has 0 saturated heterocycles. The maximum atomic E-state index is 5.25. The first kappa shape index (κ1) is 26.9. The highest BCUT2D eigenvalue weighted by molar-refractivity contribution is 5.90. The van der Waals surface area contributed by atoms with E-state index in [4.69, 9.17) is 9.97 Å². The van der Waals surface area contributed by atoms with Gasteiger partial charge in [-0.1, -0.05) is 114 Å². The second-order valence-electron chi connectivity index (χ2n) is 13.4. The third-order valence-electron chi connectivity index (χ3n) is 8.09. The van der Waals surface area contributed by atoms with Gasteiger partial charge in [0.15, 0.2) is 0 Å². The minimum absolute atomic E-state index is 0.0313. The van der Waals surface area contributed by atoms with E-state index in [2.05, 4.69) is 146 Å². The van der Waals surface area contributed by atoms with E-state index in [1.54, 1.807) is 0 Å². The van der Waals surface area contributed by atoms with Gasteiger partial charge in [-0.3, -0.25) is 4.98 Å². The van der Waals surface area contributed by atoms with Gasteiger partial charge in [0, 0.05) is 17.1 Å². The summed E-state index contributed by atoms with van der Waals surface area (Å²) >= 11 is 0. The summed E-state index contributed by atoms with van der Waals surface area (Å²) in [5.41, 5.74) is 10.2. The topological polar surface area (TPSA) is 25.8 Å². The molecule has 0 bridgehead atoms. The summed E-state index contributed by atoms with van der Waals surface area (Å²) in [6, 6.07) is 35.2. The number of hydrogen-bond donors (Lipinski definition) is 0. The number of aryl methyl sites for hydroxylation is 1. The highest BCUT2D eigenvalue weighted by atomic mass is 14.8. The van der Waals surface area contributed by atoms with Gasteiger partial charge in [0.2, 0.25) is 0 Å². The number of hydrogen-bond acceptors (Lipinski definition) is 2. The van der Waals surface area contributed by atoms with Crippen LogP contribution in [0.25, 0.3) is 55.3 Å². The summed E-state index contributed by atoms with van der Waals surface area (Å²) < 4.78 is 0. The van der Waals surface area contributed by atoms with E-state index in [1.807, 2.05) is 6.20 Å². The fraction of sp³-hybridized carbons (Fsp3) is 0.231. The Bertz CT molecular complexity index is 1880. The summed E-state index contributed by atoms with van der Waals surface area (Å²) in [7, 11) is 0. The Kier molecular flexibility index (Phi) is 6.53. The molecule has 0 fully saturated rings. The van der Waals surface area contributed by atoms with Crippen LogP contribution in [0.2, 0.25) is 0 Å². The second kappa shape index (κ2) is 9.96. The molecule has 204 valence electrons. The Morgan fingerprint density at radius 1 is 0.488 bits per heavy atom. The van der Waals surface area contributed by atoms with Crippen LogP contribution in [0.4, 0.5) is 0 Å². The van der Waals surface area contributed by atoms with Gasteiger partial charge in [0.1, 0.15) is 0 Å². The van der Waals surface area contributed by atoms with Crippen molar-refractivity contribution < 1.29 is 0 Å². The lowest BCUT2D eigenvalue weighted by Gasteiger charge is -2.26. The zero-order chi connectivity index (χ0) is 28.9. The fourth-order valence-electron chi connectivity index (χ4n) is 5.48. The third kappa shape index (κ3) is 5.39. The molecule has 4 aromatic carbocycles. The van der Waals surface area contributed by atoms with Crippen LogP contribution in [0.15, 0.2) is 103 Å². The second-order valence-corrected chi connectivity index (χ2v) is 13.4. The van der Waals surface area contributed by atoms with Crippen LogP contribution in [0.1, 0.15) is 58.2 Å². The molecule has 0 spiro atoms. The van der Waals surface area contributed by atoms with Gasteiger partial charge in [0.05, 0.1) is 17.1 Å². The van der Waals surface area contributed by atoms with E-state index in [0.29, 0.717) is 0 Å². The number of benzene rings is 4. The predicted molar refractivity (Wildman–Crippen MR) is 175 cm³/mol. The number of pyridine rings is 2. The Balaban J connectivity index is 1.62. The molecule has 0 unspecified atom stereocenters. The molecule has 6 rings (SSSR count). The highest BCUT2D eigenvalue weighted by Gasteiger charge is 2.22. The molecule has 2 heteroatoms. The maximum absolute atomic E-state index is 5.25. The van der Waals surface area contributed by atoms with E-state index in [9.17, 15) is 0 Å². The molecule has 0 radical (unpaired) electrons. The zero-order valence-electron chi connectivity index (χ0n) is 25.2. The van der Waals surface area contributed by atoms with Gasteiger partial charge in [-0.25, -0.2) is 4.98 Å². The van der Waals surface area contributed by atoms with Crippen LogP contribution in [-0.2, 0) is 10.8 Å². The van der Waals surface area contributed by atoms with Crippen molar-refractivity contribution >= 4 is 21.5 Å². The largest absolute Gasteiger partial charge is 0.254 e. The minimum atomic E-state index is 0.0313. The average Bonchev–Trinajstić information content (AvgIpc) is 2.95. The smallest absolute Gasteiger partial charge is 0.0900 e. The van der Waals surface area contributed by atoms with Crippen molar-refractivity contribution in [2.45, 2.75) is 59.3 Å². The summed E-state index contributed by atoms with van der Waals surface area (Å²) in [5, 5.41) is 4.76. The molecule has 0 aliphatic heterocycles. The van der Waals surface area contributed by atoms with Crippen molar-refractivity contribution in [2.24, 2.45) is 0 Å². The van der Waals surface area contributed by atoms with Crippen molar-refractivity contribution in [1.82, 2.24) is 9.97 Å². The summed E-state index contributed by atoms with van der Waals surface area (Å²) in [5.74, 6) is 0. The van der Waals surface area contributed by atoms with Gasteiger partial charge < -0.3 is 0 Å². The Morgan fingerprint density at radius 2 is 1.00 bits per heavy atom. The van der Waals surface area contributed by atoms with Crippen molar-refractivity contribution in [1.29, 1.82) is 0 Å². The van der Waals surface area contributed by atoms with Crippen LogP contribution in [0.3, 0.4) is 0 Å². The molecule has 0 atom stereocenters. The Labute approximate surface area is 244 Å². The predicted octanol–water partition coefficient (Wildman–Crippen LogP) is 10.7. The maximum Gasteiger partial charge on any atom is 0.0900 e. The average molecular weight is 535 g/mol. The van der Waals surface area contributed by atoms with E-state index < -0.39 is 0 Å². The van der Waals surface area contributed by atoms with Gasteiger partial charge in [-0.05, 0) is 86.0 Å². The lowest BCUT2D eigenvalue weighted by molar-refractivity contribution is 0.569. The Morgan fingerprint density at radius 3 is 1.61 bits per heavy atom. The Hall–Kier alpha value is -4.30. The quantitative estimate of drug-likeness (QED) is 0.226. The van der Waals surface area contributed by atoms with E-state index in [-0.39, 0.29) is 10.8 Å². The van der Waals surface area contributed by atoms with Crippen molar-refractivity contribution in [3.8, 4) is 33.8 Å². The standard InChI is InChI=1S/C39H38N2/c1-25-16-26-12-8-9-13-27(26)19-34(25)35-21-31(30-17-32(38(2,3)4)23-33(18-30)39(5,6)7)22-37(41-35)36-20-28-14-10-11-15-29(28)24-40-36/h8-24H,1-7H3. The first-order valence-electron chi connectivity index (χ1n) is 14.5. The molecule has 0 amide bonds. The molecule has 6 aromatic rings. The lowest BCUT2D eigenvalue weighted by atomic mass is 9.79. The van der Waals surface area contributed by atoms with Gasteiger partial charge >= 0.3 is 0 Å². The number of fused-ring (bicyclic) bond motifs is 2. The van der Waals surface area contributed by atoms with Crippen molar-refractivity contribution in [2.75, 3.05) is 0 Å². The summed E-state index contributed by atoms with van der Waals surface area (Å²) in [6.45, 7) is 15.9. The molecule has 2 nitrogen and oxygen atoms in total.